The summed E-state index contributed by atoms with van der Waals surface area (Å²) in [5.74, 6) is 2.64. The SMILES string of the molecule is CCCNC(C1CCC(CC)CC1)C1CCOC1C. The molecule has 2 rings (SSSR count). The zero-order valence-electron chi connectivity index (χ0n) is 13.2. The van der Waals surface area contributed by atoms with Crippen molar-refractivity contribution in [2.45, 2.75) is 77.9 Å². The molecule has 2 aliphatic rings. The zero-order valence-corrected chi connectivity index (χ0v) is 13.2. The molecule has 1 N–H and O–H groups in total. The smallest absolute Gasteiger partial charge is 0.0590 e. The highest BCUT2D eigenvalue weighted by atomic mass is 16.5. The van der Waals surface area contributed by atoms with Crippen LogP contribution in [0.25, 0.3) is 0 Å². The summed E-state index contributed by atoms with van der Waals surface area (Å²) in [5.41, 5.74) is 0. The molecule has 0 aromatic heterocycles. The standard InChI is InChI=1S/C17H33NO/c1-4-11-18-17(16-10-12-19-13(16)3)15-8-6-14(5-2)7-9-15/h13-18H,4-12H2,1-3H3. The lowest BCUT2D eigenvalue weighted by atomic mass is 9.73. The molecular formula is C17H33NO. The van der Waals surface area contributed by atoms with Crippen LogP contribution in [-0.2, 0) is 4.74 Å². The van der Waals surface area contributed by atoms with Crippen molar-refractivity contribution in [3.63, 3.8) is 0 Å². The van der Waals surface area contributed by atoms with Gasteiger partial charge in [-0.3, -0.25) is 0 Å². The van der Waals surface area contributed by atoms with Gasteiger partial charge in [-0.05, 0) is 51.0 Å². The second kappa shape index (κ2) is 7.64. The van der Waals surface area contributed by atoms with Gasteiger partial charge in [-0.1, -0.05) is 33.1 Å². The van der Waals surface area contributed by atoms with Crippen LogP contribution in [0.5, 0.6) is 0 Å². The van der Waals surface area contributed by atoms with E-state index in [-0.39, 0.29) is 0 Å². The van der Waals surface area contributed by atoms with Gasteiger partial charge in [0.15, 0.2) is 0 Å². The average Bonchev–Trinajstić information content (AvgIpc) is 2.86. The average molecular weight is 267 g/mol. The lowest BCUT2D eigenvalue weighted by Gasteiger charge is -2.38. The lowest BCUT2D eigenvalue weighted by Crippen LogP contribution is -2.46. The van der Waals surface area contributed by atoms with Crippen LogP contribution >= 0.6 is 0 Å². The summed E-state index contributed by atoms with van der Waals surface area (Å²) >= 11 is 0. The minimum Gasteiger partial charge on any atom is -0.378 e. The van der Waals surface area contributed by atoms with E-state index in [2.05, 4.69) is 26.1 Å². The molecule has 112 valence electrons. The predicted molar refractivity (Wildman–Crippen MR) is 81.3 cm³/mol. The Bertz CT molecular complexity index is 248. The molecule has 2 fully saturated rings. The van der Waals surface area contributed by atoms with E-state index in [0.717, 1.165) is 24.4 Å². The fourth-order valence-corrected chi connectivity index (χ4v) is 4.15. The van der Waals surface area contributed by atoms with Crippen molar-refractivity contribution >= 4 is 0 Å². The van der Waals surface area contributed by atoms with Gasteiger partial charge in [0.05, 0.1) is 6.10 Å². The minimum atomic E-state index is 0.457. The molecule has 0 radical (unpaired) electrons. The first-order valence-electron chi connectivity index (χ1n) is 8.61. The molecule has 1 aliphatic carbocycles. The molecule has 1 aliphatic heterocycles. The van der Waals surface area contributed by atoms with Gasteiger partial charge in [0.1, 0.15) is 0 Å². The second-order valence-electron chi connectivity index (χ2n) is 6.70. The maximum atomic E-state index is 5.82. The monoisotopic (exact) mass is 267 g/mol. The Morgan fingerprint density at radius 1 is 1.11 bits per heavy atom. The molecule has 3 unspecified atom stereocenters. The molecule has 0 aromatic carbocycles. The third kappa shape index (κ3) is 3.95. The molecule has 1 saturated heterocycles. The first-order chi connectivity index (χ1) is 9.26. The Morgan fingerprint density at radius 3 is 2.37 bits per heavy atom. The molecule has 2 heteroatoms. The number of hydrogen-bond donors (Lipinski definition) is 1. The van der Waals surface area contributed by atoms with E-state index in [0.29, 0.717) is 12.1 Å². The maximum absolute atomic E-state index is 5.82. The van der Waals surface area contributed by atoms with Crippen LogP contribution in [0.15, 0.2) is 0 Å². The zero-order chi connectivity index (χ0) is 13.7. The summed E-state index contributed by atoms with van der Waals surface area (Å²) in [6.45, 7) is 9.04. The maximum Gasteiger partial charge on any atom is 0.0590 e. The summed E-state index contributed by atoms with van der Waals surface area (Å²) in [4.78, 5) is 0. The van der Waals surface area contributed by atoms with E-state index in [1.807, 2.05) is 0 Å². The Labute approximate surface area is 119 Å². The fourth-order valence-electron chi connectivity index (χ4n) is 4.15. The molecular weight excluding hydrogens is 234 g/mol. The Morgan fingerprint density at radius 2 is 1.84 bits per heavy atom. The van der Waals surface area contributed by atoms with Crippen LogP contribution in [0.4, 0.5) is 0 Å². The largest absolute Gasteiger partial charge is 0.378 e. The fraction of sp³-hybridized carbons (Fsp3) is 1.00. The van der Waals surface area contributed by atoms with Crippen LogP contribution in [0.3, 0.4) is 0 Å². The summed E-state index contributed by atoms with van der Waals surface area (Å²) in [5, 5.41) is 3.86. The lowest BCUT2D eigenvalue weighted by molar-refractivity contribution is 0.0781. The summed E-state index contributed by atoms with van der Waals surface area (Å²) in [7, 11) is 0. The van der Waals surface area contributed by atoms with E-state index >= 15 is 0 Å². The molecule has 3 atom stereocenters. The molecule has 19 heavy (non-hydrogen) atoms. The summed E-state index contributed by atoms with van der Waals surface area (Å²) in [6, 6.07) is 0.704. The van der Waals surface area contributed by atoms with Crippen LogP contribution < -0.4 is 5.32 Å². The third-order valence-corrected chi connectivity index (χ3v) is 5.50. The number of hydrogen-bond acceptors (Lipinski definition) is 2. The third-order valence-electron chi connectivity index (χ3n) is 5.50. The van der Waals surface area contributed by atoms with Crippen molar-refractivity contribution in [2.24, 2.45) is 17.8 Å². The number of rotatable bonds is 6. The van der Waals surface area contributed by atoms with Crippen molar-refractivity contribution in [1.82, 2.24) is 5.32 Å². The van der Waals surface area contributed by atoms with Crippen molar-refractivity contribution in [3.8, 4) is 0 Å². The normalized spacial score (nSPS) is 37.4. The van der Waals surface area contributed by atoms with Crippen LogP contribution in [0.1, 0.15) is 65.7 Å². The van der Waals surface area contributed by atoms with Crippen molar-refractivity contribution in [1.29, 1.82) is 0 Å². The van der Waals surface area contributed by atoms with E-state index in [1.165, 1.54) is 51.5 Å². The molecule has 0 amide bonds. The van der Waals surface area contributed by atoms with Crippen molar-refractivity contribution in [3.05, 3.63) is 0 Å². The highest BCUT2D eigenvalue weighted by Gasteiger charge is 2.37. The van der Waals surface area contributed by atoms with Gasteiger partial charge in [-0.2, -0.15) is 0 Å². The Balaban J connectivity index is 1.93. The molecule has 1 heterocycles. The molecule has 0 aromatic rings. The van der Waals surface area contributed by atoms with E-state index in [4.69, 9.17) is 4.74 Å². The van der Waals surface area contributed by atoms with Gasteiger partial charge < -0.3 is 10.1 Å². The number of ether oxygens (including phenoxy) is 1. The molecule has 1 saturated carbocycles. The van der Waals surface area contributed by atoms with Gasteiger partial charge in [-0.15, -0.1) is 0 Å². The Kier molecular flexibility index (Phi) is 6.15. The highest BCUT2D eigenvalue weighted by Crippen LogP contribution is 2.37. The van der Waals surface area contributed by atoms with Gasteiger partial charge in [0.25, 0.3) is 0 Å². The quantitative estimate of drug-likeness (QED) is 0.785. The van der Waals surface area contributed by atoms with Gasteiger partial charge in [0.2, 0.25) is 0 Å². The van der Waals surface area contributed by atoms with Gasteiger partial charge >= 0.3 is 0 Å². The van der Waals surface area contributed by atoms with Crippen LogP contribution in [0, 0.1) is 17.8 Å². The van der Waals surface area contributed by atoms with Crippen LogP contribution in [0.2, 0.25) is 0 Å². The van der Waals surface area contributed by atoms with Gasteiger partial charge in [-0.25, -0.2) is 0 Å². The van der Waals surface area contributed by atoms with Crippen molar-refractivity contribution < 1.29 is 4.74 Å². The van der Waals surface area contributed by atoms with Gasteiger partial charge in [0, 0.05) is 18.6 Å². The highest BCUT2D eigenvalue weighted by molar-refractivity contribution is 4.91. The first kappa shape index (κ1) is 15.3. The molecule has 0 bridgehead atoms. The predicted octanol–water partition coefficient (Wildman–Crippen LogP) is 4.00. The second-order valence-corrected chi connectivity index (χ2v) is 6.70. The minimum absolute atomic E-state index is 0.457. The van der Waals surface area contributed by atoms with E-state index < -0.39 is 0 Å². The molecule has 0 spiro atoms. The van der Waals surface area contributed by atoms with Crippen LogP contribution in [-0.4, -0.2) is 25.3 Å². The number of nitrogens with one attached hydrogen (secondary N) is 1. The molecule has 2 nitrogen and oxygen atoms in total. The summed E-state index contributed by atoms with van der Waals surface area (Å²) in [6.07, 6.45) is 10.1. The first-order valence-corrected chi connectivity index (χ1v) is 8.61. The van der Waals surface area contributed by atoms with E-state index in [9.17, 15) is 0 Å². The Hall–Kier alpha value is -0.0800. The van der Waals surface area contributed by atoms with Crippen molar-refractivity contribution in [2.75, 3.05) is 13.2 Å². The topological polar surface area (TPSA) is 21.3 Å². The summed E-state index contributed by atoms with van der Waals surface area (Å²) < 4.78 is 5.82. The van der Waals surface area contributed by atoms with E-state index in [1.54, 1.807) is 0 Å².